The van der Waals surface area contributed by atoms with Crippen LogP contribution in [0.15, 0.2) is 0 Å². The third-order valence-corrected chi connectivity index (χ3v) is 8.61. The summed E-state index contributed by atoms with van der Waals surface area (Å²) in [7, 11) is -4.74. The summed E-state index contributed by atoms with van der Waals surface area (Å²) >= 11 is 0. The van der Waals surface area contributed by atoms with Crippen molar-refractivity contribution in [2.45, 2.75) is 200 Å². The summed E-state index contributed by atoms with van der Waals surface area (Å²) in [5, 5.41) is 0. The molecule has 0 radical (unpaired) electrons. The number of hydrogen-bond acceptors (Lipinski definition) is 6. The summed E-state index contributed by atoms with van der Waals surface area (Å²) in [6.45, 7) is 3.68. The van der Waals surface area contributed by atoms with E-state index in [1.807, 2.05) is 0 Å². The Labute approximate surface area is 270 Å². The molecular weight excluding hydrogens is 579 g/mol. The molecule has 8 nitrogen and oxygen atoms in total. The van der Waals surface area contributed by atoms with Gasteiger partial charge in [0.15, 0.2) is 6.10 Å². The molecule has 0 aliphatic rings. The first-order valence-electron chi connectivity index (χ1n) is 18.3. The summed E-state index contributed by atoms with van der Waals surface area (Å²) in [4.78, 5) is 42.6. The van der Waals surface area contributed by atoms with E-state index in [0.717, 1.165) is 32.1 Å². The van der Waals surface area contributed by atoms with Crippen LogP contribution < -0.4 is 0 Å². The largest absolute Gasteiger partial charge is 0.469 e. The molecule has 262 valence electrons. The van der Waals surface area contributed by atoms with Crippen molar-refractivity contribution in [2.24, 2.45) is 0 Å². The molecule has 0 aromatic rings. The molecule has 0 heterocycles. The predicted octanol–water partition coefficient (Wildman–Crippen LogP) is 10.5. The molecule has 0 amide bonds. The monoisotopic (exact) mass is 648 g/mol. The fraction of sp³-hybridized carbons (Fsp3) is 0.943. The summed E-state index contributed by atoms with van der Waals surface area (Å²) in [6.07, 6.45) is 31.1. The van der Waals surface area contributed by atoms with Crippen molar-refractivity contribution >= 4 is 19.8 Å². The van der Waals surface area contributed by atoms with Crippen molar-refractivity contribution in [3.8, 4) is 0 Å². The standard InChI is InChI=1S/C35H69O8P/c1-3-5-7-9-11-13-15-16-17-18-20-22-24-26-28-30-35(37)43-33(32-42-44(38,39)40)31-41-34(36)29-27-25-23-21-19-14-12-10-8-6-4-2/h33H,3-32H2,1-2H3,(H2,38,39,40)/t33-/m1/s1. The predicted molar refractivity (Wildman–Crippen MR) is 179 cm³/mol. The van der Waals surface area contributed by atoms with E-state index in [4.69, 9.17) is 19.3 Å². The van der Waals surface area contributed by atoms with Crippen molar-refractivity contribution < 1.29 is 37.9 Å². The van der Waals surface area contributed by atoms with Gasteiger partial charge >= 0.3 is 19.8 Å². The highest BCUT2D eigenvalue weighted by Gasteiger charge is 2.22. The minimum Gasteiger partial charge on any atom is -0.462 e. The van der Waals surface area contributed by atoms with Gasteiger partial charge in [0.25, 0.3) is 0 Å². The summed E-state index contributed by atoms with van der Waals surface area (Å²) in [5.41, 5.74) is 0. The number of rotatable bonds is 34. The van der Waals surface area contributed by atoms with Gasteiger partial charge in [-0.2, -0.15) is 0 Å². The summed E-state index contributed by atoms with van der Waals surface area (Å²) < 4.78 is 26.3. The Morgan fingerprint density at radius 3 is 1.16 bits per heavy atom. The SMILES string of the molecule is CCCCCCCCCCCCCCCCCC(=O)O[C@H](COC(=O)CCCCCCCCCCCCC)COP(=O)(O)O. The van der Waals surface area contributed by atoms with Gasteiger partial charge < -0.3 is 19.3 Å². The maximum Gasteiger partial charge on any atom is 0.469 e. The second kappa shape index (κ2) is 32.0. The highest BCUT2D eigenvalue weighted by atomic mass is 31.2. The Hall–Kier alpha value is -0.950. The quantitative estimate of drug-likeness (QED) is 0.0402. The van der Waals surface area contributed by atoms with Crippen LogP contribution in [0.2, 0.25) is 0 Å². The molecule has 0 rings (SSSR count). The lowest BCUT2D eigenvalue weighted by molar-refractivity contribution is -0.161. The van der Waals surface area contributed by atoms with Gasteiger partial charge in [-0.25, -0.2) is 4.57 Å². The molecule has 0 unspecified atom stereocenters. The van der Waals surface area contributed by atoms with E-state index in [2.05, 4.69) is 18.4 Å². The molecule has 0 aromatic carbocycles. The molecule has 0 aromatic heterocycles. The highest BCUT2D eigenvalue weighted by Crippen LogP contribution is 2.36. The molecule has 1 atom stereocenters. The van der Waals surface area contributed by atoms with Crippen molar-refractivity contribution in [1.29, 1.82) is 0 Å². The molecule has 0 fully saturated rings. The van der Waals surface area contributed by atoms with Gasteiger partial charge in [-0.3, -0.25) is 14.1 Å². The van der Waals surface area contributed by atoms with Crippen molar-refractivity contribution in [3.63, 3.8) is 0 Å². The lowest BCUT2D eigenvalue weighted by atomic mass is 10.0. The van der Waals surface area contributed by atoms with Gasteiger partial charge in [0, 0.05) is 12.8 Å². The fourth-order valence-electron chi connectivity index (χ4n) is 5.37. The van der Waals surface area contributed by atoms with Crippen LogP contribution in [0.1, 0.15) is 194 Å². The minimum atomic E-state index is -4.74. The molecule has 0 saturated heterocycles. The highest BCUT2D eigenvalue weighted by molar-refractivity contribution is 7.46. The van der Waals surface area contributed by atoms with Crippen LogP contribution in [0.25, 0.3) is 0 Å². The average Bonchev–Trinajstić information content (AvgIpc) is 2.98. The summed E-state index contributed by atoms with van der Waals surface area (Å²) in [5.74, 6) is -0.874. The Morgan fingerprint density at radius 2 is 0.818 bits per heavy atom. The first kappa shape index (κ1) is 43.0. The van der Waals surface area contributed by atoms with Crippen molar-refractivity contribution in [1.82, 2.24) is 0 Å². The minimum absolute atomic E-state index is 0.220. The Balaban J connectivity index is 3.93. The molecule has 0 spiro atoms. The number of carbonyl (C=O) groups excluding carboxylic acids is 2. The van der Waals surface area contributed by atoms with Gasteiger partial charge in [-0.05, 0) is 12.8 Å². The summed E-state index contributed by atoms with van der Waals surface area (Å²) in [6, 6.07) is 0. The topological polar surface area (TPSA) is 119 Å². The van der Waals surface area contributed by atoms with E-state index in [0.29, 0.717) is 6.42 Å². The third kappa shape index (κ3) is 33.9. The van der Waals surface area contributed by atoms with Crippen molar-refractivity contribution in [2.75, 3.05) is 13.2 Å². The van der Waals surface area contributed by atoms with E-state index in [1.165, 1.54) is 128 Å². The molecule has 0 aliphatic heterocycles. The van der Waals surface area contributed by atoms with Gasteiger partial charge in [0.05, 0.1) is 6.61 Å². The average molecular weight is 649 g/mol. The van der Waals surface area contributed by atoms with Crippen LogP contribution in [0.4, 0.5) is 0 Å². The second-order valence-corrected chi connectivity index (χ2v) is 13.8. The first-order valence-corrected chi connectivity index (χ1v) is 19.9. The maximum atomic E-state index is 12.3. The van der Waals surface area contributed by atoms with Crippen LogP contribution in [0, 0.1) is 0 Å². The number of unbranched alkanes of at least 4 members (excludes halogenated alkanes) is 24. The molecule has 0 bridgehead atoms. The molecule has 0 aliphatic carbocycles. The number of phosphoric acid groups is 1. The smallest absolute Gasteiger partial charge is 0.462 e. The maximum absolute atomic E-state index is 12.3. The van der Waals surface area contributed by atoms with Gasteiger partial charge in [-0.15, -0.1) is 0 Å². The number of ether oxygens (including phenoxy) is 2. The van der Waals surface area contributed by atoms with Crippen LogP contribution in [0.5, 0.6) is 0 Å². The first-order chi connectivity index (χ1) is 21.3. The van der Waals surface area contributed by atoms with E-state index < -0.39 is 32.5 Å². The van der Waals surface area contributed by atoms with Crippen LogP contribution in [-0.2, 0) is 28.2 Å². The molecule has 9 heteroatoms. The number of carbonyl (C=O) groups is 2. The molecule has 44 heavy (non-hydrogen) atoms. The lowest BCUT2D eigenvalue weighted by Crippen LogP contribution is -2.29. The fourth-order valence-corrected chi connectivity index (χ4v) is 5.73. The number of esters is 2. The van der Waals surface area contributed by atoms with E-state index in [9.17, 15) is 14.2 Å². The molecule has 2 N–H and O–H groups in total. The zero-order valence-corrected chi connectivity index (χ0v) is 29.5. The number of hydrogen-bond donors (Lipinski definition) is 2. The third-order valence-electron chi connectivity index (χ3n) is 8.13. The van der Waals surface area contributed by atoms with Crippen LogP contribution in [-0.4, -0.2) is 41.0 Å². The number of phosphoric ester groups is 1. The van der Waals surface area contributed by atoms with Gasteiger partial charge in [-0.1, -0.05) is 168 Å². The van der Waals surface area contributed by atoms with Crippen LogP contribution in [0.3, 0.4) is 0 Å². The van der Waals surface area contributed by atoms with E-state index in [-0.39, 0.29) is 19.4 Å². The van der Waals surface area contributed by atoms with Crippen LogP contribution >= 0.6 is 7.82 Å². The zero-order valence-electron chi connectivity index (χ0n) is 28.6. The van der Waals surface area contributed by atoms with Gasteiger partial charge in [0.1, 0.15) is 6.61 Å². The molecular formula is C35H69O8P. The van der Waals surface area contributed by atoms with Gasteiger partial charge in [0.2, 0.25) is 0 Å². The normalized spacial score (nSPS) is 12.4. The molecule has 0 saturated carbocycles. The zero-order chi connectivity index (χ0) is 32.6. The van der Waals surface area contributed by atoms with E-state index in [1.54, 1.807) is 0 Å². The van der Waals surface area contributed by atoms with E-state index >= 15 is 0 Å². The Bertz CT molecular complexity index is 696. The van der Waals surface area contributed by atoms with Crippen molar-refractivity contribution in [3.05, 3.63) is 0 Å². The second-order valence-electron chi connectivity index (χ2n) is 12.6. The Kier molecular flexibility index (Phi) is 31.3. The lowest BCUT2D eigenvalue weighted by Gasteiger charge is -2.18. The Morgan fingerprint density at radius 1 is 0.500 bits per heavy atom.